The van der Waals surface area contributed by atoms with Gasteiger partial charge in [-0.05, 0) is 43.0 Å². The SMILES string of the molecule is CCc1ccc(NCCCC(=O)N(C)C)cc1C. The van der Waals surface area contributed by atoms with E-state index in [1.807, 2.05) is 0 Å². The third-order valence-electron chi connectivity index (χ3n) is 3.12. The zero-order valence-electron chi connectivity index (χ0n) is 11.9. The first-order valence-corrected chi connectivity index (χ1v) is 6.58. The molecule has 18 heavy (non-hydrogen) atoms. The van der Waals surface area contributed by atoms with Gasteiger partial charge < -0.3 is 10.2 Å². The summed E-state index contributed by atoms with van der Waals surface area (Å²) < 4.78 is 0. The number of nitrogens with one attached hydrogen (secondary N) is 1. The van der Waals surface area contributed by atoms with Crippen molar-refractivity contribution in [3.05, 3.63) is 29.3 Å². The van der Waals surface area contributed by atoms with Crippen molar-refractivity contribution in [1.29, 1.82) is 0 Å². The van der Waals surface area contributed by atoms with E-state index in [4.69, 9.17) is 0 Å². The van der Waals surface area contributed by atoms with Crippen LogP contribution in [0.2, 0.25) is 0 Å². The van der Waals surface area contributed by atoms with E-state index in [-0.39, 0.29) is 5.91 Å². The van der Waals surface area contributed by atoms with Gasteiger partial charge in [-0.25, -0.2) is 0 Å². The zero-order valence-corrected chi connectivity index (χ0v) is 11.9. The molecule has 0 spiro atoms. The summed E-state index contributed by atoms with van der Waals surface area (Å²) in [5, 5.41) is 3.36. The zero-order chi connectivity index (χ0) is 13.5. The summed E-state index contributed by atoms with van der Waals surface area (Å²) in [6.07, 6.45) is 2.54. The minimum Gasteiger partial charge on any atom is -0.385 e. The topological polar surface area (TPSA) is 32.3 Å². The molecule has 1 amide bonds. The molecule has 1 aromatic carbocycles. The molecule has 0 saturated heterocycles. The molecule has 100 valence electrons. The van der Waals surface area contributed by atoms with Crippen LogP contribution in [0.4, 0.5) is 5.69 Å². The van der Waals surface area contributed by atoms with Gasteiger partial charge in [-0.1, -0.05) is 13.0 Å². The van der Waals surface area contributed by atoms with E-state index >= 15 is 0 Å². The molecule has 0 bridgehead atoms. The van der Waals surface area contributed by atoms with E-state index in [2.05, 4.69) is 37.4 Å². The van der Waals surface area contributed by atoms with Crippen LogP contribution in [-0.4, -0.2) is 31.4 Å². The molecule has 0 unspecified atom stereocenters. The van der Waals surface area contributed by atoms with Crippen LogP contribution in [-0.2, 0) is 11.2 Å². The Morgan fingerprint density at radius 1 is 1.33 bits per heavy atom. The molecule has 0 aromatic heterocycles. The highest BCUT2D eigenvalue weighted by molar-refractivity contribution is 5.75. The number of hydrogen-bond donors (Lipinski definition) is 1. The Morgan fingerprint density at radius 2 is 2.06 bits per heavy atom. The lowest BCUT2D eigenvalue weighted by Gasteiger charge is -2.11. The van der Waals surface area contributed by atoms with Gasteiger partial charge in [0.25, 0.3) is 0 Å². The lowest BCUT2D eigenvalue weighted by Crippen LogP contribution is -2.22. The van der Waals surface area contributed by atoms with E-state index in [9.17, 15) is 4.79 Å². The Bertz CT molecular complexity index is 399. The van der Waals surface area contributed by atoms with Gasteiger partial charge in [0.05, 0.1) is 0 Å². The fourth-order valence-corrected chi connectivity index (χ4v) is 1.90. The van der Waals surface area contributed by atoms with Crippen molar-refractivity contribution < 1.29 is 4.79 Å². The number of nitrogens with zero attached hydrogens (tertiary/aromatic N) is 1. The summed E-state index contributed by atoms with van der Waals surface area (Å²) in [5.41, 5.74) is 3.86. The van der Waals surface area contributed by atoms with Crippen LogP contribution in [0.5, 0.6) is 0 Å². The van der Waals surface area contributed by atoms with Crippen LogP contribution in [0.1, 0.15) is 30.9 Å². The second kappa shape index (κ2) is 7.04. The van der Waals surface area contributed by atoms with Crippen molar-refractivity contribution in [1.82, 2.24) is 4.90 Å². The standard InChI is InChI=1S/C15H24N2O/c1-5-13-8-9-14(11-12(13)2)16-10-6-7-15(18)17(3)4/h8-9,11,16H,5-7,10H2,1-4H3. The Hall–Kier alpha value is -1.51. The fraction of sp³-hybridized carbons (Fsp3) is 0.533. The maximum Gasteiger partial charge on any atom is 0.222 e. The summed E-state index contributed by atoms with van der Waals surface area (Å²) in [6.45, 7) is 5.15. The summed E-state index contributed by atoms with van der Waals surface area (Å²) in [4.78, 5) is 13.0. The van der Waals surface area contributed by atoms with E-state index in [1.165, 1.54) is 11.1 Å². The summed E-state index contributed by atoms with van der Waals surface area (Å²) >= 11 is 0. The third kappa shape index (κ3) is 4.40. The quantitative estimate of drug-likeness (QED) is 0.785. The van der Waals surface area contributed by atoms with Crippen molar-refractivity contribution in [2.24, 2.45) is 0 Å². The molecular formula is C15H24N2O. The second-order valence-corrected chi connectivity index (χ2v) is 4.81. The van der Waals surface area contributed by atoms with Gasteiger partial charge in [0.2, 0.25) is 5.91 Å². The number of anilines is 1. The molecule has 0 radical (unpaired) electrons. The Kier molecular flexibility index (Phi) is 5.69. The van der Waals surface area contributed by atoms with E-state index in [0.717, 1.165) is 25.1 Å². The van der Waals surface area contributed by atoms with Crippen LogP contribution in [0, 0.1) is 6.92 Å². The summed E-state index contributed by atoms with van der Waals surface area (Å²) in [6, 6.07) is 6.45. The van der Waals surface area contributed by atoms with Gasteiger partial charge in [-0.2, -0.15) is 0 Å². The van der Waals surface area contributed by atoms with Gasteiger partial charge in [0, 0.05) is 32.7 Å². The summed E-state index contributed by atoms with van der Waals surface area (Å²) in [5.74, 6) is 0.189. The maximum atomic E-state index is 11.4. The van der Waals surface area contributed by atoms with Crippen molar-refractivity contribution in [2.45, 2.75) is 33.1 Å². The van der Waals surface area contributed by atoms with Crippen molar-refractivity contribution in [3.8, 4) is 0 Å². The second-order valence-electron chi connectivity index (χ2n) is 4.81. The number of carbonyl (C=O) groups is 1. The molecule has 0 atom stereocenters. The Labute approximate surface area is 110 Å². The highest BCUT2D eigenvalue weighted by atomic mass is 16.2. The predicted octanol–water partition coefficient (Wildman–Crippen LogP) is 2.84. The molecule has 0 aliphatic carbocycles. The largest absolute Gasteiger partial charge is 0.385 e. The molecule has 0 saturated carbocycles. The number of benzene rings is 1. The first-order chi connectivity index (χ1) is 8.54. The van der Waals surface area contributed by atoms with Crippen LogP contribution in [0.15, 0.2) is 18.2 Å². The lowest BCUT2D eigenvalue weighted by atomic mass is 10.1. The molecule has 1 N–H and O–H groups in total. The Balaban J connectivity index is 2.36. The van der Waals surface area contributed by atoms with Crippen molar-refractivity contribution in [3.63, 3.8) is 0 Å². The molecule has 0 aliphatic rings. The number of carbonyl (C=O) groups excluding carboxylic acids is 1. The predicted molar refractivity (Wildman–Crippen MR) is 77.0 cm³/mol. The van der Waals surface area contributed by atoms with Gasteiger partial charge >= 0.3 is 0 Å². The molecule has 0 aliphatic heterocycles. The molecular weight excluding hydrogens is 224 g/mol. The molecule has 1 rings (SSSR count). The number of hydrogen-bond acceptors (Lipinski definition) is 2. The van der Waals surface area contributed by atoms with E-state index in [0.29, 0.717) is 6.42 Å². The van der Waals surface area contributed by atoms with Crippen molar-refractivity contribution >= 4 is 11.6 Å². The van der Waals surface area contributed by atoms with Gasteiger partial charge in [-0.3, -0.25) is 4.79 Å². The first kappa shape index (κ1) is 14.6. The van der Waals surface area contributed by atoms with Gasteiger partial charge in [0.15, 0.2) is 0 Å². The monoisotopic (exact) mass is 248 g/mol. The highest BCUT2D eigenvalue weighted by Gasteiger charge is 2.03. The molecule has 1 aromatic rings. The maximum absolute atomic E-state index is 11.4. The average Bonchev–Trinajstić information content (AvgIpc) is 2.34. The van der Waals surface area contributed by atoms with Crippen molar-refractivity contribution in [2.75, 3.05) is 26.0 Å². The number of amides is 1. The molecule has 0 heterocycles. The third-order valence-corrected chi connectivity index (χ3v) is 3.12. The highest BCUT2D eigenvalue weighted by Crippen LogP contribution is 2.15. The molecule has 0 fully saturated rings. The number of aryl methyl sites for hydroxylation is 2. The van der Waals surface area contributed by atoms with Gasteiger partial charge in [-0.15, -0.1) is 0 Å². The van der Waals surface area contributed by atoms with E-state index < -0.39 is 0 Å². The van der Waals surface area contributed by atoms with Gasteiger partial charge in [0.1, 0.15) is 0 Å². The minimum atomic E-state index is 0.189. The minimum absolute atomic E-state index is 0.189. The first-order valence-electron chi connectivity index (χ1n) is 6.58. The number of rotatable bonds is 6. The Morgan fingerprint density at radius 3 is 2.61 bits per heavy atom. The smallest absolute Gasteiger partial charge is 0.222 e. The lowest BCUT2D eigenvalue weighted by molar-refractivity contribution is -0.128. The van der Waals surface area contributed by atoms with E-state index in [1.54, 1.807) is 19.0 Å². The summed E-state index contributed by atoms with van der Waals surface area (Å²) in [7, 11) is 3.59. The fourth-order valence-electron chi connectivity index (χ4n) is 1.90. The molecule has 3 heteroatoms. The van der Waals surface area contributed by atoms with Crippen LogP contribution >= 0.6 is 0 Å². The molecule has 3 nitrogen and oxygen atoms in total. The normalized spacial score (nSPS) is 10.2. The van der Waals surface area contributed by atoms with Crippen LogP contribution in [0.25, 0.3) is 0 Å². The van der Waals surface area contributed by atoms with Crippen LogP contribution in [0.3, 0.4) is 0 Å². The van der Waals surface area contributed by atoms with Crippen LogP contribution < -0.4 is 5.32 Å². The average molecular weight is 248 g/mol.